The largest absolute Gasteiger partial charge is 0.339 e. The normalized spacial score (nSPS) is 17.1. The van der Waals surface area contributed by atoms with Crippen LogP contribution in [0.4, 0.5) is 5.82 Å². The predicted molar refractivity (Wildman–Crippen MR) is 135 cm³/mol. The fourth-order valence-corrected chi connectivity index (χ4v) is 4.84. The van der Waals surface area contributed by atoms with Crippen molar-refractivity contribution in [3.8, 4) is 5.69 Å². The van der Waals surface area contributed by atoms with E-state index in [1.54, 1.807) is 40.7 Å². The Hall–Kier alpha value is -3.84. The Balaban J connectivity index is 1.62. The number of carbonyl (C=O) groups excluding carboxylic acids is 2. The molecule has 0 spiro atoms. The monoisotopic (exact) mass is 468 g/mol. The van der Waals surface area contributed by atoms with E-state index in [9.17, 15) is 9.59 Å². The number of rotatable bonds is 5. The molecule has 34 heavy (non-hydrogen) atoms. The molecule has 2 atom stereocenters. The van der Waals surface area contributed by atoms with Gasteiger partial charge in [-0.05, 0) is 55.1 Å². The fourth-order valence-electron chi connectivity index (χ4n) is 4.43. The van der Waals surface area contributed by atoms with Crippen LogP contribution in [0.15, 0.2) is 89.8 Å². The molecule has 7 heteroatoms. The molecule has 1 aliphatic rings. The van der Waals surface area contributed by atoms with Crippen LogP contribution in [-0.4, -0.2) is 33.9 Å². The number of carbonyl (C=O) groups is 2. The summed E-state index contributed by atoms with van der Waals surface area (Å²) >= 11 is 1.66. The molecule has 2 heterocycles. The lowest BCUT2D eigenvalue weighted by atomic mass is 9.82. The van der Waals surface area contributed by atoms with E-state index < -0.39 is 6.04 Å². The quantitative estimate of drug-likeness (QED) is 0.413. The molecule has 0 saturated carbocycles. The van der Waals surface area contributed by atoms with Gasteiger partial charge < -0.3 is 10.6 Å². The minimum Gasteiger partial charge on any atom is -0.339 e. The van der Waals surface area contributed by atoms with Crippen LogP contribution in [-0.2, 0) is 4.79 Å². The summed E-state index contributed by atoms with van der Waals surface area (Å²) < 4.78 is 1.76. The van der Waals surface area contributed by atoms with Crippen LogP contribution < -0.4 is 10.6 Å². The predicted octanol–water partition coefficient (Wildman–Crippen LogP) is 4.79. The van der Waals surface area contributed by atoms with Crippen molar-refractivity contribution in [2.45, 2.75) is 23.8 Å². The first-order chi connectivity index (χ1) is 16.6. The SMILES string of the molecule is CSc1ccc([C@@H]2c3c(C)nn(-c4ccccc4)c3NC(=O)[C@H]2NC(=O)c2ccccc2)cc1. The Morgan fingerprint density at radius 1 is 0.971 bits per heavy atom. The molecule has 4 aromatic rings. The zero-order valence-electron chi connectivity index (χ0n) is 18.9. The maximum absolute atomic E-state index is 13.5. The molecule has 0 fully saturated rings. The standard InChI is InChI=1S/C27H24N4O2S/c1-17-22-23(18-13-15-21(34-2)16-14-18)24(28-26(32)19-9-5-3-6-10-19)27(33)29-25(22)31(30-17)20-11-7-4-8-12-20/h3-16,23-24H,1-2H3,(H,28,32)(H,29,33)/t23-,24+/m1/s1. The minimum atomic E-state index is -0.785. The van der Waals surface area contributed by atoms with Gasteiger partial charge in [0.25, 0.3) is 5.91 Å². The Labute approximate surface area is 202 Å². The minimum absolute atomic E-state index is 0.271. The second kappa shape index (κ2) is 9.19. The zero-order chi connectivity index (χ0) is 23.7. The number of nitrogens with zero attached hydrogens (tertiary/aromatic N) is 2. The van der Waals surface area contributed by atoms with E-state index in [0.29, 0.717) is 11.4 Å². The van der Waals surface area contributed by atoms with Gasteiger partial charge >= 0.3 is 0 Å². The van der Waals surface area contributed by atoms with Crippen LogP contribution in [0.1, 0.15) is 33.1 Å². The number of aryl methyl sites for hydroxylation is 1. The van der Waals surface area contributed by atoms with E-state index in [2.05, 4.69) is 10.6 Å². The Morgan fingerprint density at radius 3 is 2.26 bits per heavy atom. The average molecular weight is 469 g/mol. The second-order valence-corrected chi connectivity index (χ2v) is 9.03. The lowest BCUT2D eigenvalue weighted by Crippen LogP contribution is -2.50. The molecular formula is C27H24N4O2S. The first-order valence-corrected chi connectivity index (χ1v) is 12.2. The number of hydrogen-bond acceptors (Lipinski definition) is 4. The van der Waals surface area contributed by atoms with Crippen molar-refractivity contribution in [1.29, 1.82) is 0 Å². The lowest BCUT2D eigenvalue weighted by Gasteiger charge is -2.33. The van der Waals surface area contributed by atoms with Crippen LogP contribution in [0, 0.1) is 6.92 Å². The average Bonchev–Trinajstić information content (AvgIpc) is 3.21. The van der Waals surface area contributed by atoms with E-state index in [0.717, 1.165) is 27.4 Å². The summed E-state index contributed by atoms with van der Waals surface area (Å²) in [6.45, 7) is 1.94. The summed E-state index contributed by atoms with van der Waals surface area (Å²) in [6.07, 6.45) is 2.03. The molecule has 0 aliphatic carbocycles. The van der Waals surface area contributed by atoms with Gasteiger partial charge in [-0.25, -0.2) is 4.68 Å². The Morgan fingerprint density at radius 2 is 1.62 bits per heavy atom. The van der Waals surface area contributed by atoms with E-state index in [4.69, 9.17) is 5.10 Å². The molecule has 170 valence electrons. The smallest absolute Gasteiger partial charge is 0.251 e. The summed E-state index contributed by atoms with van der Waals surface area (Å²) in [5, 5.41) is 10.8. The highest BCUT2D eigenvalue weighted by atomic mass is 32.2. The van der Waals surface area contributed by atoms with Gasteiger partial charge in [0.2, 0.25) is 5.91 Å². The van der Waals surface area contributed by atoms with Crippen molar-refractivity contribution in [2.75, 3.05) is 11.6 Å². The van der Waals surface area contributed by atoms with Crippen molar-refractivity contribution in [3.05, 3.63) is 107 Å². The summed E-state index contributed by atoms with van der Waals surface area (Å²) in [7, 11) is 0. The van der Waals surface area contributed by atoms with Gasteiger partial charge in [0.05, 0.1) is 11.4 Å². The molecule has 0 radical (unpaired) electrons. The van der Waals surface area contributed by atoms with Crippen LogP contribution >= 0.6 is 11.8 Å². The van der Waals surface area contributed by atoms with E-state index >= 15 is 0 Å². The highest BCUT2D eigenvalue weighted by molar-refractivity contribution is 7.98. The topological polar surface area (TPSA) is 76.0 Å². The number of nitrogens with one attached hydrogen (secondary N) is 2. The molecule has 0 saturated heterocycles. The first kappa shape index (κ1) is 22.0. The second-order valence-electron chi connectivity index (χ2n) is 8.15. The Kier molecular flexibility index (Phi) is 5.94. The van der Waals surface area contributed by atoms with Gasteiger partial charge in [-0.2, -0.15) is 5.10 Å². The summed E-state index contributed by atoms with van der Waals surface area (Å²) in [5.74, 6) is -0.307. The number of thioether (sulfide) groups is 1. The molecule has 1 aliphatic heterocycles. The van der Waals surface area contributed by atoms with Crippen molar-refractivity contribution < 1.29 is 9.59 Å². The number of para-hydroxylation sites is 1. The zero-order valence-corrected chi connectivity index (χ0v) is 19.7. The van der Waals surface area contributed by atoms with Gasteiger partial charge in [-0.3, -0.25) is 9.59 Å². The number of hydrogen-bond donors (Lipinski definition) is 2. The van der Waals surface area contributed by atoms with Gasteiger partial charge in [-0.15, -0.1) is 11.8 Å². The van der Waals surface area contributed by atoms with Crippen molar-refractivity contribution >= 4 is 29.4 Å². The maximum Gasteiger partial charge on any atom is 0.251 e. The van der Waals surface area contributed by atoms with Crippen molar-refractivity contribution in [2.24, 2.45) is 0 Å². The number of fused-ring (bicyclic) bond motifs is 1. The Bertz CT molecular complexity index is 1330. The maximum atomic E-state index is 13.5. The molecule has 2 N–H and O–H groups in total. The third-order valence-corrected chi connectivity index (χ3v) is 6.82. The van der Waals surface area contributed by atoms with Crippen molar-refractivity contribution in [1.82, 2.24) is 15.1 Å². The molecule has 0 bridgehead atoms. The number of amides is 2. The van der Waals surface area contributed by atoms with E-state index in [-0.39, 0.29) is 17.7 Å². The number of anilines is 1. The molecule has 5 rings (SSSR count). The molecular weight excluding hydrogens is 444 g/mol. The van der Waals surface area contributed by atoms with Crippen LogP contribution in [0.25, 0.3) is 5.69 Å². The summed E-state index contributed by atoms with van der Waals surface area (Å²) in [4.78, 5) is 27.6. The van der Waals surface area contributed by atoms with Gasteiger partial charge in [0.15, 0.2) is 0 Å². The molecule has 0 unspecified atom stereocenters. The van der Waals surface area contributed by atoms with E-state index in [1.165, 1.54) is 0 Å². The number of aromatic nitrogens is 2. The first-order valence-electron chi connectivity index (χ1n) is 11.0. The van der Waals surface area contributed by atoms with Crippen LogP contribution in [0.2, 0.25) is 0 Å². The lowest BCUT2D eigenvalue weighted by molar-refractivity contribution is -0.118. The third kappa shape index (κ3) is 3.99. The molecule has 1 aromatic heterocycles. The molecule has 2 amide bonds. The third-order valence-electron chi connectivity index (χ3n) is 6.07. The van der Waals surface area contributed by atoms with Crippen LogP contribution in [0.5, 0.6) is 0 Å². The summed E-state index contributed by atoms with van der Waals surface area (Å²) in [5.41, 5.74) is 4.02. The number of benzene rings is 3. The molecule has 6 nitrogen and oxygen atoms in total. The fraction of sp³-hybridized carbons (Fsp3) is 0.148. The highest BCUT2D eigenvalue weighted by Crippen LogP contribution is 2.41. The van der Waals surface area contributed by atoms with Gasteiger partial charge in [-0.1, -0.05) is 48.5 Å². The van der Waals surface area contributed by atoms with Gasteiger partial charge in [0.1, 0.15) is 11.9 Å². The summed E-state index contributed by atoms with van der Waals surface area (Å²) in [6, 6.07) is 26.0. The van der Waals surface area contributed by atoms with Gasteiger partial charge in [0, 0.05) is 21.9 Å². The van der Waals surface area contributed by atoms with E-state index in [1.807, 2.05) is 73.8 Å². The van der Waals surface area contributed by atoms with Crippen molar-refractivity contribution in [3.63, 3.8) is 0 Å². The van der Waals surface area contributed by atoms with Crippen LogP contribution in [0.3, 0.4) is 0 Å². The highest BCUT2D eigenvalue weighted by Gasteiger charge is 2.41. The molecule has 3 aromatic carbocycles.